The lowest BCUT2D eigenvalue weighted by atomic mass is 9.89. The summed E-state index contributed by atoms with van der Waals surface area (Å²) in [5.74, 6) is -0.473. The molecule has 1 N–H and O–H groups in total. The molecule has 122 valence electrons. The number of nitrogens with zero attached hydrogens (tertiary/aromatic N) is 4. The Bertz CT molecular complexity index is 688. The van der Waals surface area contributed by atoms with E-state index >= 15 is 0 Å². The number of aliphatic hydroxyl groups is 1. The Hall–Kier alpha value is -2.32. The number of hydrogen-bond donors (Lipinski definition) is 1. The van der Waals surface area contributed by atoms with E-state index < -0.39 is 17.0 Å². The van der Waals surface area contributed by atoms with Crippen molar-refractivity contribution in [1.29, 1.82) is 0 Å². The van der Waals surface area contributed by atoms with Crippen LogP contribution in [0.2, 0.25) is 0 Å². The largest absolute Gasteiger partial charge is 0.490 e. The first-order chi connectivity index (χ1) is 11.1. The van der Waals surface area contributed by atoms with E-state index in [4.69, 9.17) is 4.74 Å². The lowest BCUT2D eigenvalue weighted by Crippen LogP contribution is -2.24. The smallest absolute Gasteiger partial charge is 0.390 e. The van der Waals surface area contributed by atoms with Gasteiger partial charge in [-0.2, -0.15) is 4.68 Å². The van der Waals surface area contributed by atoms with Crippen molar-refractivity contribution in [3.63, 3.8) is 0 Å². The second kappa shape index (κ2) is 6.84. The van der Waals surface area contributed by atoms with Gasteiger partial charge in [0.25, 0.3) is 0 Å². The summed E-state index contributed by atoms with van der Waals surface area (Å²) in [4.78, 5) is 13.4. The van der Waals surface area contributed by atoms with Gasteiger partial charge in [-0.25, -0.2) is 0 Å². The Morgan fingerprint density at radius 1 is 1.48 bits per heavy atom. The number of hydrogen-bond acceptors (Lipinski definition) is 6. The number of ether oxygens (including phenoxy) is 1. The molecule has 1 heterocycles. The average molecular weight is 318 g/mol. The molecule has 2 atom stereocenters. The van der Waals surface area contributed by atoms with Crippen molar-refractivity contribution in [2.24, 2.45) is 0 Å². The fourth-order valence-electron chi connectivity index (χ4n) is 2.83. The van der Waals surface area contributed by atoms with Crippen LogP contribution in [0.15, 0.2) is 30.6 Å². The summed E-state index contributed by atoms with van der Waals surface area (Å²) in [5.41, 5.74) is 2.48. The van der Waals surface area contributed by atoms with Crippen molar-refractivity contribution in [3.8, 4) is 0 Å². The lowest BCUT2D eigenvalue weighted by Gasteiger charge is -2.26. The number of fused-ring (bicyclic) bond motifs is 1. The second-order valence-electron chi connectivity index (χ2n) is 5.59. The zero-order valence-electron chi connectivity index (χ0n) is 12.5. The number of rotatable bonds is 6. The Kier molecular flexibility index (Phi) is 4.63. The Balaban J connectivity index is 1.55. The van der Waals surface area contributed by atoms with Crippen LogP contribution in [0.1, 0.15) is 30.1 Å². The standard InChI is InChI=1S/C15H18N4O4/c20-12(8-18-10-16-15(17-18)19(21)22)9-23-14-7-3-5-11-4-1-2-6-13(11)14/h1-2,4,6,10,12,14,20H,3,5,7-9H2/t12-,14-/m0/s1. The highest BCUT2D eigenvalue weighted by Gasteiger charge is 2.22. The van der Waals surface area contributed by atoms with Crippen LogP contribution in [0.5, 0.6) is 0 Å². The monoisotopic (exact) mass is 318 g/mol. The van der Waals surface area contributed by atoms with Gasteiger partial charge in [0.15, 0.2) is 0 Å². The molecular weight excluding hydrogens is 300 g/mol. The van der Waals surface area contributed by atoms with Crippen molar-refractivity contribution in [1.82, 2.24) is 14.8 Å². The van der Waals surface area contributed by atoms with Crippen LogP contribution in [-0.2, 0) is 17.7 Å². The first-order valence-electron chi connectivity index (χ1n) is 7.55. The highest BCUT2D eigenvalue weighted by molar-refractivity contribution is 5.31. The van der Waals surface area contributed by atoms with Crippen molar-refractivity contribution in [2.45, 2.75) is 38.0 Å². The molecular formula is C15H18N4O4. The molecule has 0 bridgehead atoms. The van der Waals surface area contributed by atoms with Crippen LogP contribution in [0.3, 0.4) is 0 Å². The van der Waals surface area contributed by atoms with Gasteiger partial charge in [0.05, 0.1) is 25.4 Å². The molecule has 1 aliphatic rings. The molecule has 0 unspecified atom stereocenters. The fourth-order valence-corrected chi connectivity index (χ4v) is 2.83. The second-order valence-corrected chi connectivity index (χ2v) is 5.59. The van der Waals surface area contributed by atoms with Gasteiger partial charge in [-0.3, -0.25) is 0 Å². The molecule has 1 aromatic heterocycles. The maximum absolute atomic E-state index is 10.5. The summed E-state index contributed by atoms with van der Waals surface area (Å²) in [6, 6.07) is 8.18. The first kappa shape index (κ1) is 15.6. The first-order valence-corrected chi connectivity index (χ1v) is 7.55. The van der Waals surface area contributed by atoms with Gasteiger partial charge in [0, 0.05) is 5.10 Å². The minimum atomic E-state index is -0.801. The fraction of sp³-hybridized carbons (Fsp3) is 0.467. The Morgan fingerprint density at radius 2 is 2.30 bits per heavy atom. The third kappa shape index (κ3) is 3.72. The number of nitro groups is 1. The highest BCUT2D eigenvalue weighted by Crippen LogP contribution is 2.32. The Morgan fingerprint density at radius 3 is 3.09 bits per heavy atom. The molecule has 3 rings (SSSR count). The highest BCUT2D eigenvalue weighted by atomic mass is 16.6. The third-order valence-electron chi connectivity index (χ3n) is 3.89. The van der Waals surface area contributed by atoms with E-state index in [0.717, 1.165) is 19.3 Å². The van der Waals surface area contributed by atoms with Gasteiger partial charge >= 0.3 is 5.95 Å². The number of aromatic nitrogens is 3. The van der Waals surface area contributed by atoms with E-state index in [-0.39, 0.29) is 19.3 Å². The predicted octanol–water partition coefficient (Wildman–Crippen LogP) is 1.64. The van der Waals surface area contributed by atoms with E-state index in [2.05, 4.69) is 22.2 Å². The maximum Gasteiger partial charge on any atom is 0.490 e. The van der Waals surface area contributed by atoms with Crippen molar-refractivity contribution in [3.05, 3.63) is 51.8 Å². The molecule has 0 saturated carbocycles. The molecule has 0 radical (unpaired) electrons. The molecule has 23 heavy (non-hydrogen) atoms. The molecule has 8 heteroatoms. The summed E-state index contributed by atoms with van der Waals surface area (Å²) < 4.78 is 7.10. The maximum atomic E-state index is 10.5. The van der Waals surface area contributed by atoms with Crippen molar-refractivity contribution < 1.29 is 14.8 Å². The quantitative estimate of drug-likeness (QED) is 0.641. The van der Waals surface area contributed by atoms with Crippen LogP contribution in [0, 0.1) is 10.1 Å². The normalized spacial score (nSPS) is 18.4. The topological polar surface area (TPSA) is 103 Å². The van der Waals surface area contributed by atoms with Gasteiger partial charge < -0.3 is 20.0 Å². The van der Waals surface area contributed by atoms with Crippen LogP contribution in [0.25, 0.3) is 0 Å². The predicted molar refractivity (Wildman–Crippen MR) is 80.8 cm³/mol. The summed E-state index contributed by atoms with van der Waals surface area (Å²) in [6.07, 6.45) is 3.47. The third-order valence-corrected chi connectivity index (χ3v) is 3.89. The zero-order chi connectivity index (χ0) is 16.2. The average Bonchev–Trinajstić information content (AvgIpc) is 3.01. The number of benzene rings is 1. The zero-order valence-corrected chi connectivity index (χ0v) is 12.5. The van der Waals surface area contributed by atoms with E-state index in [9.17, 15) is 15.2 Å². The van der Waals surface area contributed by atoms with E-state index in [0.29, 0.717) is 0 Å². The van der Waals surface area contributed by atoms with Crippen LogP contribution < -0.4 is 0 Å². The molecule has 0 fully saturated rings. The summed E-state index contributed by atoms with van der Waals surface area (Å²) in [5, 5.41) is 24.2. The molecule has 0 amide bonds. The van der Waals surface area contributed by atoms with Crippen molar-refractivity contribution >= 4 is 5.95 Å². The minimum Gasteiger partial charge on any atom is -0.390 e. The molecule has 2 aromatic rings. The van der Waals surface area contributed by atoms with Crippen molar-refractivity contribution in [2.75, 3.05) is 6.61 Å². The van der Waals surface area contributed by atoms with Crippen LogP contribution in [0.4, 0.5) is 5.95 Å². The van der Waals surface area contributed by atoms with E-state index in [1.165, 1.54) is 22.1 Å². The molecule has 0 spiro atoms. The van der Waals surface area contributed by atoms with Gasteiger partial charge in [-0.05, 0) is 35.3 Å². The molecule has 1 aliphatic carbocycles. The summed E-state index contributed by atoms with van der Waals surface area (Å²) >= 11 is 0. The minimum absolute atomic E-state index is 0.0142. The molecule has 8 nitrogen and oxygen atoms in total. The van der Waals surface area contributed by atoms with Gasteiger partial charge in [0.2, 0.25) is 6.33 Å². The molecule has 0 aliphatic heterocycles. The SMILES string of the molecule is O=[N+]([O-])c1ncn(C[C@H](O)CO[C@H]2CCCc3ccccc32)n1. The summed E-state index contributed by atoms with van der Waals surface area (Å²) in [6.45, 7) is 0.252. The number of aliphatic hydroxyl groups excluding tert-OH is 1. The lowest BCUT2D eigenvalue weighted by molar-refractivity contribution is -0.394. The Labute approximate surface area is 132 Å². The number of aryl methyl sites for hydroxylation is 1. The van der Waals surface area contributed by atoms with Crippen LogP contribution in [-0.4, -0.2) is 37.5 Å². The summed E-state index contributed by atoms with van der Waals surface area (Å²) in [7, 11) is 0. The van der Waals surface area contributed by atoms with Gasteiger partial charge in [-0.1, -0.05) is 29.2 Å². The molecule has 1 aromatic carbocycles. The van der Waals surface area contributed by atoms with Crippen LogP contribution >= 0.6 is 0 Å². The van der Waals surface area contributed by atoms with E-state index in [1.807, 2.05) is 12.1 Å². The van der Waals surface area contributed by atoms with E-state index in [1.54, 1.807) is 0 Å². The van der Waals surface area contributed by atoms with Gasteiger partial charge in [0.1, 0.15) is 0 Å². The van der Waals surface area contributed by atoms with Gasteiger partial charge in [-0.15, -0.1) is 0 Å². The molecule has 0 saturated heterocycles.